The molecule has 1 unspecified atom stereocenters. The summed E-state index contributed by atoms with van der Waals surface area (Å²) in [7, 11) is 0. The molecule has 0 bridgehead atoms. The average molecular weight is 351 g/mol. The third-order valence-electron chi connectivity index (χ3n) is 3.45. The number of benzene rings is 1. The molecular formula is C17H20BrFN2. The summed E-state index contributed by atoms with van der Waals surface area (Å²) in [6, 6.07) is 9.30. The van der Waals surface area contributed by atoms with Crippen molar-refractivity contribution in [2.45, 2.75) is 33.2 Å². The van der Waals surface area contributed by atoms with Crippen LogP contribution in [0.2, 0.25) is 0 Å². The summed E-state index contributed by atoms with van der Waals surface area (Å²) in [5, 5.41) is 3.47. The Kier molecular flexibility index (Phi) is 5.48. The number of aromatic nitrogens is 1. The highest BCUT2D eigenvalue weighted by Crippen LogP contribution is 2.23. The lowest BCUT2D eigenvalue weighted by Crippen LogP contribution is -2.24. The van der Waals surface area contributed by atoms with E-state index in [1.807, 2.05) is 26.0 Å². The van der Waals surface area contributed by atoms with Gasteiger partial charge in [0.25, 0.3) is 0 Å². The summed E-state index contributed by atoms with van der Waals surface area (Å²) in [6.07, 6.45) is 0.732. The molecule has 1 atom stereocenters. The van der Waals surface area contributed by atoms with Gasteiger partial charge in [-0.05, 0) is 62.2 Å². The molecule has 1 aromatic carbocycles. The van der Waals surface area contributed by atoms with E-state index in [2.05, 4.69) is 39.2 Å². The van der Waals surface area contributed by atoms with Gasteiger partial charge < -0.3 is 5.32 Å². The fraction of sp³-hybridized carbons (Fsp3) is 0.353. The van der Waals surface area contributed by atoms with Crippen molar-refractivity contribution >= 4 is 15.9 Å². The molecule has 112 valence electrons. The Morgan fingerprint density at radius 3 is 2.62 bits per heavy atom. The van der Waals surface area contributed by atoms with Crippen LogP contribution in [0, 0.1) is 19.7 Å². The summed E-state index contributed by atoms with van der Waals surface area (Å²) in [5.74, 6) is -0.214. The summed E-state index contributed by atoms with van der Waals surface area (Å²) in [6.45, 7) is 6.94. The normalized spacial score (nSPS) is 12.4. The van der Waals surface area contributed by atoms with E-state index >= 15 is 0 Å². The lowest BCUT2D eigenvalue weighted by atomic mass is 9.97. The van der Waals surface area contributed by atoms with Crippen molar-refractivity contribution in [3.05, 3.63) is 63.1 Å². The number of nitrogens with one attached hydrogen (secondary N) is 1. The molecule has 21 heavy (non-hydrogen) atoms. The van der Waals surface area contributed by atoms with E-state index in [-0.39, 0.29) is 11.9 Å². The summed E-state index contributed by atoms with van der Waals surface area (Å²) >= 11 is 3.35. The van der Waals surface area contributed by atoms with E-state index in [1.54, 1.807) is 6.07 Å². The van der Waals surface area contributed by atoms with Gasteiger partial charge in [-0.2, -0.15) is 0 Å². The molecule has 2 rings (SSSR count). The molecule has 0 radical (unpaired) electrons. The highest BCUT2D eigenvalue weighted by Gasteiger charge is 2.15. The minimum absolute atomic E-state index is 0.136. The molecule has 4 heteroatoms. The first-order chi connectivity index (χ1) is 9.99. The van der Waals surface area contributed by atoms with Crippen LogP contribution in [-0.2, 0) is 6.42 Å². The Labute approximate surface area is 133 Å². The second kappa shape index (κ2) is 7.14. The quantitative estimate of drug-likeness (QED) is 0.858. The smallest absolute Gasteiger partial charge is 0.124 e. The molecule has 0 spiro atoms. The topological polar surface area (TPSA) is 24.9 Å². The number of hydrogen-bond donors (Lipinski definition) is 1. The number of aryl methyl sites for hydroxylation is 2. The predicted molar refractivity (Wildman–Crippen MR) is 87.9 cm³/mol. The van der Waals surface area contributed by atoms with Crippen molar-refractivity contribution < 1.29 is 4.39 Å². The molecule has 1 aromatic heterocycles. The lowest BCUT2D eigenvalue weighted by Gasteiger charge is -2.20. The molecule has 0 fully saturated rings. The number of hydrogen-bond acceptors (Lipinski definition) is 2. The van der Waals surface area contributed by atoms with Crippen LogP contribution in [0.15, 0.2) is 34.8 Å². The van der Waals surface area contributed by atoms with Crippen LogP contribution in [0.5, 0.6) is 0 Å². The van der Waals surface area contributed by atoms with Gasteiger partial charge in [-0.25, -0.2) is 4.39 Å². The van der Waals surface area contributed by atoms with E-state index < -0.39 is 0 Å². The summed E-state index contributed by atoms with van der Waals surface area (Å²) in [5.41, 5.74) is 4.17. The van der Waals surface area contributed by atoms with Crippen LogP contribution in [0.3, 0.4) is 0 Å². The molecule has 1 N–H and O–H groups in total. The van der Waals surface area contributed by atoms with Gasteiger partial charge in [-0.3, -0.25) is 4.98 Å². The molecule has 1 heterocycles. The standard InChI is InChI=1S/C17H20BrFN2/c1-4-20-17(16-6-5-11(2)21-12(16)3)9-13-7-14(18)10-15(19)8-13/h5-8,10,17,20H,4,9H2,1-3H3. The Balaban J connectivity index is 2.30. The largest absolute Gasteiger partial charge is 0.310 e. The van der Waals surface area contributed by atoms with Gasteiger partial charge in [-0.15, -0.1) is 0 Å². The fourth-order valence-corrected chi connectivity index (χ4v) is 3.08. The average Bonchev–Trinajstić information content (AvgIpc) is 2.37. The van der Waals surface area contributed by atoms with Gasteiger partial charge in [0.05, 0.1) is 0 Å². The minimum atomic E-state index is -0.214. The first-order valence-electron chi connectivity index (χ1n) is 7.12. The second-order valence-electron chi connectivity index (χ2n) is 5.22. The Morgan fingerprint density at radius 2 is 2.00 bits per heavy atom. The number of nitrogens with zero attached hydrogens (tertiary/aromatic N) is 1. The first-order valence-corrected chi connectivity index (χ1v) is 7.91. The molecular weight excluding hydrogens is 331 g/mol. The minimum Gasteiger partial charge on any atom is -0.310 e. The van der Waals surface area contributed by atoms with Crippen molar-refractivity contribution in [2.24, 2.45) is 0 Å². The summed E-state index contributed by atoms with van der Waals surface area (Å²) in [4.78, 5) is 4.53. The third-order valence-corrected chi connectivity index (χ3v) is 3.91. The van der Waals surface area contributed by atoms with Gasteiger partial charge in [0.15, 0.2) is 0 Å². The summed E-state index contributed by atoms with van der Waals surface area (Å²) < 4.78 is 14.3. The van der Waals surface area contributed by atoms with E-state index in [0.29, 0.717) is 0 Å². The van der Waals surface area contributed by atoms with Crippen LogP contribution >= 0.6 is 15.9 Å². The Hall–Kier alpha value is -1.26. The van der Waals surface area contributed by atoms with Crippen LogP contribution in [0.1, 0.15) is 35.5 Å². The number of pyridine rings is 1. The highest BCUT2D eigenvalue weighted by molar-refractivity contribution is 9.10. The van der Waals surface area contributed by atoms with Crippen molar-refractivity contribution in [1.82, 2.24) is 10.3 Å². The predicted octanol–water partition coefficient (Wildman–Crippen LogP) is 4.49. The van der Waals surface area contributed by atoms with E-state index in [9.17, 15) is 4.39 Å². The number of likely N-dealkylation sites (N-methyl/N-ethyl adjacent to an activating group) is 1. The van der Waals surface area contributed by atoms with Crippen LogP contribution in [-0.4, -0.2) is 11.5 Å². The molecule has 2 aromatic rings. The van der Waals surface area contributed by atoms with Gasteiger partial charge in [0, 0.05) is 21.9 Å². The second-order valence-corrected chi connectivity index (χ2v) is 6.14. The van der Waals surface area contributed by atoms with E-state index in [4.69, 9.17) is 0 Å². The molecule has 0 saturated heterocycles. The number of rotatable bonds is 5. The van der Waals surface area contributed by atoms with Gasteiger partial charge in [0.1, 0.15) is 5.82 Å². The van der Waals surface area contributed by atoms with Crippen LogP contribution in [0.25, 0.3) is 0 Å². The zero-order valence-electron chi connectivity index (χ0n) is 12.6. The Bertz CT molecular complexity index is 608. The van der Waals surface area contributed by atoms with Crippen molar-refractivity contribution in [1.29, 1.82) is 0 Å². The fourth-order valence-electron chi connectivity index (χ4n) is 2.57. The maximum absolute atomic E-state index is 13.5. The highest BCUT2D eigenvalue weighted by atomic mass is 79.9. The molecule has 2 nitrogen and oxygen atoms in total. The maximum atomic E-state index is 13.5. The molecule has 0 amide bonds. The Morgan fingerprint density at radius 1 is 1.24 bits per heavy atom. The van der Waals surface area contributed by atoms with Gasteiger partial charge >= 0.3 is 0 Å². The van der Waals surface area contributed by atoms with Crippen molar-refractivity contribution in [3.8, 4) is 0 Å². The zero-order chi connectivity index (χ0) is 15.4. The van der Waals surface area contributed by atoms with E-state index in [0.717, 1.165) is 34.4 Å². The SMILES string of the molecule is CCNC(Cc1cc(F)cc(Br)c1)c1ccc(C)nc1C. The molecule has 0 aliphatic rings. The van der Waals surface area contributed by atoms with E-state index in [1.165, 1.54) is 11.6 Å². The van der Waals surface area contributed by atoms with Gasteiger partial charge in [-0.1, -0.05) is 28.9 Å². The molecule has 0 aliphatic heterocycles. The van der Waals surface area contributed by atoms with Crippen molar-refractivity contribution in [3.63, 3.8) is 0 Å². The maximum Gasteiger partial charge on any atom is 0.124 e. The third kappa shape index (κ3) is 4.35. The molecule has 0 aliphatic carbocycles. The molecule has 0 saturated carbocycles. The lowest BCUT2D eigenvalue weighted by molar-refractivity contribution is 0.542. The number of halogens is 2. The monoisotopic (exact) mass is 350 g/mol. The van der Waals surface area contributed by atoms with Crippen molar-refractivity contribution in [2.75, 3.05) is 6.54 Å². The van der Waals surface area contributed by atoms with Crippen LogP contribution < -0.4 is 5.32 Å². The van der Waals surface area contributed by atoms with Gasteiger partial charge in [0.2, 0.25) is 0 Å². The van der Waals surface area contributed by atoms with Crippen LogP contribution in [0.4, 0.5) is 4.39 Å². The first kappa shape index (κ1) is 16.1. The zero-order valence-corrected chi connectivity index (χ0v) is 14.2.